The molecule has 3 heteroatoms. The Kier molecular flexibility index (Phi) is 17.1. The zero-order valence-electron chi connectivity index (χ0n) is 15.8. The van der Waals surface area contributed by atoms with Crippen LogP contribution in [0, 0.1) is 11.8 Å². The molecule has 0 amide bonds. The van der Waals surface area contributed by atoms with Gasteiger partial charge in [0.2, 0.25) is 0 Å². The molecule has 0 fully saturated rings. The molecule has 0 spiro atoms. The fourth-order valence-corrected chi connectivity index (χ4v) is 2.73. The number of hydrogen-bond acceptors (Lipinski definition) is 3. The zero-order valence-corrected chi connectivity index (χ0v) is 15.8. The van der Waals surface area contributed by atoms with Crippen LogP contribution in [-0.2, 0) is 0 Å². The van der Waals surface area contributed by atoms with Crippen molar-refractivity contribution in [1.29, 1.82) is 0 Å². The fourth-order valence-electron chi connectivity index (χ4n) is 2.73. The first kappa shape index (κ1) is 21.9. The number of nitrogens with one attached hydrogen (secondary N) is 3. The lowest BCUT2D eigenvalue weighted by atomic mass is 10.0. The van der Waals surface area contributed by atoms with Crippen LogP contribution in [0.4, 0.5) is 0 Å². The SMILES string of the molecule is CCC(CC)CNCCCCNCCCNCC(CC)CC. The maximum Gasteiger partial charge on any atom is -0.00207 e. The Bertz CT molecular complexity index is 179. The molecular formula is C19H43N3. The molecule has 22 heavy (non-hydrogen) atoms. The number of rotatable bonds is 17. The van der Waals surface area contributed by atoms with Crippen LogP contribution >= 0.6 is 0 Å². The summed E-state index contributed by atoms with van der Waals surface area (Å²) in [5.74, 6) is 1.73. The van der Waals surface area contributed by atoms with Gasteiger partial charge in [-0.05, 0) is 70.4 Å². The monoisotopic (exact) mass is 313 g/mol. The lowest BCUT2D eigenvalue weighted by molar-refractivity contribution is 0.440. The van der Waals surface area contributed by atoms with E-state index >= 15 is 0 Å². The van der Waals surface area contributed by atoms with Crippen LogP contribution < -0.4 is 16.0 Å². The van der Waals surface area contributed by atoms with Gasteiger partial charge in [0.15, 0.2) is 0 Å². The van der Waals surface area contributed by atoms with Crippen LogP contribution in [0.2, 0.25) is 0 Å². The smallest absolute Gasteiger partial charge is 0.00207 e. The quantitative estimate of drug-likeness (QED) is 0.358. The van der Waals surface area contributed by atoms with Crippen molar-refractivity contribution in [2.45, 2.75) is 72.6 Å². The Morgan fingerprint density at radius 2 is 0.864 bits per heavy atom. The average Bonchev–Trinajstić information content (AvgIpc) is 2.55. The molecular weight excluding hydrogens is 270 g/mol. The topological polar surface area (TPSA) is 36.1 Å². The predicted octanol–water partition coefficient (Wildman–Crippen LogP) is 3.80. The minimum atomic E-state index is 0.862. The summed E-state index contributed by atoms with van der Waals surface area (Å²) in [5, 5.41) is 10.7. The molecule has 0 aliphatic rings. The van der Waals surface area contributed by atoms with Gasteiger partial charge in [-0.3, -0.25) is 0 Å². The van der Waals surface area contributed by atoms with Crippen LogP contribution in [0.5, 0.6) is 0 Å². The first-order valence-corrected chi connectivity index (χ1v) is 9.90. The van der Waals surface area contributed by atoms with Crippen molar-refractivity contribution in [1.82, 2.24) is 16.0 Å². The molecule has 0 aromatic carbocycles. The highest BCUT2D eigenvalue weighted by Crippen LogP contribution is 2.05. The predicted molar refractivity (Wildman–Crippen MR) is 101 cm³/mol. The minimum absolute atomic E-state index is 0.862. The van der Waals surface area contributed by atoms with E-state index in [-0.39, 0.29) is 0 Å². The van der Waals surface area contributed by atoms with Crippen LogP contribution in [-0.4, -0.2) is 39.3 Å². The summed E-state index contributed by atoms with van der Waals surface area (Å²) in [6.07, 6.45) is 9.02. The third-order valence-corrected chi connectivity index (χ3v) is 4.84. The lowest BCUT2D eigenvalue weighted by Crippen LogP contribution is -2.27. The molecule has 0 radical (unpaired) electrons. The molecule has 0 aromatic rings. The van der Waals surface area contributed by atoms with E-state index in [1.807, 2.05) is 0 Å². The summed E-state index contributed by atoms with van der Waals surface area (Å²) in [6, 6.07) is 0. The van der Waals surface area contributed by atoms with Gasteiger partial charge in [0.25, 0.3) is 0 Å². The van der Waals surface area contributed by atoms with E-state index in [0.29, 0.717) is 0 Å². The van der Waals surface area contributed by atoms with Gasteiger partial charge in [0.05, 0.1) is 0 Å². The van der Waals surface area contributed by atoms with E-state index in [1.54, 1.807) is 0 Å². The normalized spacial score (nSPS) is 11.7. The Morgan fingerprint density at radius 3 is 1.32 bits per heavy atom. The molecule has 0 unspecified atom stereocenters. The van der Waals surface area contributed by atoms with Gasteiger partial charge < -0.3 is 16.0 Å². The summed E-state index contributed by atoms with van der Waals surface area (Å²) in [5.41, 5.74) is 0. The average molecular weight is 314 g/mol. The first-order chi connectivity index (χ1) is 10.8. The highest BCUT2D eigenvalue weighted by Gasteiger charge is 2.02. The fraction of sp³-hybridized carbons (Fsp3) is 1.00. The van der Waals surface area contributed by atoms with Crippen molar-refractivity contribution in [2.75, 3.05) is 39.3 Å². The minimum Gasteiger partial charge on any atom is -0.317 e. The van der Waals surface area contributed by atoms with Crippen molar-refractivity contribution in [3.8, 4) is 0 Å². The van der Waals surface area contributed by atoms with E-state index in [4.69, 9.17) is 0 Å². The van der Waals surface area contributed by atoms with Crippen molar-refractivity contribution in [2.24, 2.45) is 11.8 Å². The van der Waals surface area contributed by atoms with Crippen LogP contribution in [0.15, 0.2) is 0 Å². The van der Waals surface area contributed by atoms with Crippen LogP contribution in [0.3, 0.4) is 0 Å². The van der Waals surface area contributed by atoms with Crippen molar-refractivity contribution in [3.63, 3.8) is 0 Å². The molecule has 3 nitrogen and oxygen atoms in total. The highest BCUT2D eigenvalue weighted by atomic mass is 14.9. The molecule has 0 aliphatic carbocycles. The van der Waals surface area contributed by atoms with Crippen molar-refractivity contribution < 1.29 is 0 Å². The molecule has 0 bridgehead atoms. The van der Waals surface area contributed by atoms with Gasteiger partial charge in [-0.15, -0.1) is 0 Å². The van der Waals surface area contributed by atoms with Crippen LogP contribution in [0.25, 0.3) is 0 Å². The summed E-state index contributed by atoms with van der Waals surface area (Å²) < 4.78 is 0. The highest BCUT2D eigenvalue weighted by molar-refractivity contribution is 4.60. The maximum absolute atomic E-state index is 3.59. The first-order valence-electron chi connectivity index (χ1n) is 9.90. The molecule has 0 atom stereocenters. The second kappa shape index (κ2) is 17.2. The number of unbranched alkanes of at least 4 members (excludes halogenated alkanes) is 1. The van der Waals surface area contributed by atoms with Gasteiger partial charge in [-0.25, -0.2) is 0 Å². The number of hydrogen-bond donors (Lipinski definition) is 3. The van der Waals surface area contributed by atoms with Crippen molar-refractivity contribution in [3.05, 3.63) is 0 Å². The van der Waals surface area contributed by atoms with Gasteiger partial charge in [0.1, 0.15) is 0 Å². The molecule has 3 N–H and O–H groups in total. The van der Waals surface area contributed by atoms with Crippen molar-refractivity contribution >= 4 is 0 Å². The molecule has 0 aliphatic heterocycles. The second-order valence-electron chi connectivity index (χ2n) is 6.58. The molecule has 0 saturated heterocycles. The van der Waals surface area contributed by atoms with E-state index in [1.165, 1.54) is 71.1 Å². The Labute approximate surface area is 140 Å². The molecule has 134 valence electrons. The van der Waals surface area contributed by atoms with E-state index < -0.39 is 0 Å². The van der Waals surface area contributed by atoms with Gasteiger partial charge in [-0.1, -0.05) is 53.4 Å². The largest absolute Gasteiger partial charge is 0.317 e. The third-order valence-electron chi connectivity index (χ3n) is 4.84. The third kappa shape index (κ3) is 13.5. The maximum atomic E-state index is 3.59. The Morgan fingerprint density at radius 1 is 0.500 bits per heavy atom. The van der Waals surface area contributed by atoms with E-state index in [2.05, 4.69) is 43.6 Å². The molecule has 0 rings (SSSR count). The standard InChI is InChI=1S/C19H43N3/c1-5-18(6-2)16-21-13-10-9-12-20-14-11-15-22-17-19(7-3)8-4/h18-22H,5-17H2,1-4H3. The van der Waals surface area contributed by atoms with Gasteiger partial charge in [0, 0.05) is 0 Å². The summed E-state index contributed by atoms with van der Waals surface area (Å²) in [4.78, 5) is 0. The summed E-state index contributed by atoms with van der Waals surface area (Å²) in [7, 11) is 0. The zero-order chi connectivity index (χ0) is 16.5. The summed E-state index contributed by atoms with van der Waals surface area (Å²) in [6.45, 7) is 16.2. The van der Waals surface area contributed by atoms with Gasteiger partial charge >= 0.3 is 0 Å². The van der Waals surface area contributed by atoms with Gasteiger partial charge in [-0.2, -0.15) is 0 Å². The second-order valence-corrected chi connectivity index (χ2v) is 6.58. The molecule has 0 saturated carbocycles. The summed E-state index contributed by atoms with van der Waals surface area (Å²) >= 11 is 0. The van der Waals surface area contributed by atoms with E-state index in [0.717, 1.165) is 24.9 Å². The molecule has 0 heterocycles. The van der Waals surface area contributed by atoms with E-state index in [9.17, 15) is 0 Å². The molecule has 0 aromatic heterocycles. The van der Waals surface area contributed by atoms with Crippen LogP contribution in [0.1, 0.15) is 72.6 Å². The lowest BCUT2D eigenvalue weighted by Gasteiger charge is -2.13. The Hall–Kier alpha value is -0.120. The Balaban J connectivity index is 3.14.